The highest BCUT2D eigenvalue weighted by Gasteiger charge is 2.31. The third kappa shape index (κ3) is 3.14. The summed E-state index contributed by atoms with van der Waals surface area (Å²) in [6.45, 7) is 1.77. The molecule has 0 bridgehead atoms. The molecule has 8 heteroatoms. The molecule has 0 spiro atoms. The Bertz CT molecular complexity index is 989. The molecule has 1 saturated heterocycles. The molecule has 7 nitrogen and oxygen atoms in total. The van der Waals surface area contributed by atoms with Crippen LogP contribution in [0, 0.1) is 6.92 Å². The van der Waals surface area contributed by atoms with Gasteiger partial charge in [-0.05, 0) is 55.0 Å². The van der Waals surface area contributed by atoms with Gasteiger partial charge in [-0.25, -0.2) is 4.79 Å². The Balaban J connectivity index is 1.93. The van der Waals surface area contributed by atoms with Crippen molar-refractivity contribution in [3.63, 3.8) is 0 Å². The van der Waals surface area contributed by atoms with E-state index in [4.69, 9.17) is 21.7 Å². The lowest BCUT2D eigenvalue weighted by molar-refractivity contribution is -0.128. The van der Waals surface area contributed by atoms with Crippen molar-refractivity contribution in [2.45, 2.75) is 6.92 Å². The zero-order valence-corrected chi connectivity index (χ0v) is 14.7. The predicted octanol–water partition coefficient (Wildman–Crippen LogP) is 2.21. The average Bonchev–Trinajstić information content (AvgIpc) is 3.05. The number of hydrogen-bond acceptors (Lipinski definition) is 5. The molecule has 0 unspecified atom stereocenters. The number of benzene rings is 1. The molecular weight excluding hydrogens is 356 g/mol. The molecule has 0 saturated carbocycles. The van der Waals surface area contributed by atoms with E-state index in [0.29, 0.717) is 11.5 Å². The van der Waals surface area contributed by atoms with Gasteiger partial charge >= 0.3 is 5.97 Å². The first kappa shape index (κ1) is 17.6. The second-order valence-electron chi connectivity index (χ2n) is 5.72. The number of aryl methyl sites for hydroxylation is 1. The van der Waals surface area contributed by atoms with E-state index in [2.05, 4.69) is 5.32 Å². The Hall–Kier alpha value is -3.26. The highest BCUT2D eigenvalue weighted by molar-refractivity contribution is 7.80. The lowest BCUT2D eigenvalue weighted by atomic mass is 10.0. The second kappa shape index (κ2) is 6.57. The van der Waals surface area contributed by atoms with E-state index in [9.17, 15) is 14.4 Å². The summed E-state index contributed by atoms with van der Waals surface area (Å²) < 4.78 is 5.70. The molecule has 2 aromatic rings. The van der Waals surface area contributed by atoms with Crippen LogP contribution in [-0.4, -0.2) is 40.0 Å². The smallest absolute Gasteiger partial charge is 0.335 e. The maximum absolute atomic E-state index is 12.2. The normalized spacial score (nSPS) is 16.2. The number of aromatic carboxylic acids is 1. The van der Waals surface area contributed by atoms with Gasteiger partial charge in [0.2, 0.25) is 0 Å². The molecule has 1 fully saturated rings. The van der Waals surface area contributed by atoms with Gasteiger partial charge in [-0.1, -0.05) is 6.07 Å². The highest BCUT2D eigenvalue weighted by Crippen LogP contribution is 2.27. The molecule has 26 heavy (non-hydrogen) atoms. The Morgan fingerprint density at radius 2 is 2.00 bits per heavy atom. The summed E-state index contributed by atoms with van der Waals surface area (Å²) in [6, 6.07) is 8.00. The van der Waals surface area contributed by atoms with Crippen LogP contribution in [0.4, 0.5) is 0 Å². The first-order valence-electron chi connectivity index (χ1n) is 7.57. The Labute approximate surface area is 153 Å². The molecule has 0 radical (unpaired) electrons. The molecule has 2 heterocycles. The minimum Gasteiger partial charge on any atom is -0.478 e. The number of nitrogens with zero attached hydrogens (tertiary/aromatic N) is 1. The van der Waals surface area contributed by atoms with Gasteiger partial charge in [0.25, 0.3) is 11.8 Å². The number of hydrogen-bond donors (Lipinski definition) is 2. The first-order valence-corrected chi connectivity index (χ1v) is 7.98. The van der Waals surface area contributed by atoms with Crippen LogP contribution < -0.4 is 5.32 Å². The molecule has 1 aromatic heterocycles. The number of carboxylic acid groups (broad SMARTS) is 1. The fourth-order valence-electron chi connectivity index (χ4n) is 2.54. The van der Waals surface area contributed by atoms with E-state index in [0.717, 1.165) is 11.1 Å². The summed E-state index contributed by atoms with van der Waals surface area (Å²) in [7, 11) is 1.47. The van der Waals surface area contributed by atoms with Gasteiger partial charge in [0.1, 0.15) is 17.1 Å². The van der Waals surface area contributed by atoms with Gasteiger partial charge in [0, 0.05) is 12.6 Å². The summed E-state index contributed by atoms with van der Waals surface area (Å²) in [6.07, 6.45) is 1.35. The van der Waals surface area contributed by atoms with E-state index in [-0.39, 0.29) is 16.2 Å². The molecule has 1 aromatic carbocycles. The summed E-state index contributed by atoms with van der Waals surface area (Å²) >= 11 is 4.89. The quantitative estimate of drug-likeness (QED) is 0.488. The van der Waals surface area contributed by atoms with Crippen LogP contribution in [0.25, 0.3) is 17.4 Å². The predicted molar refractivity (Wildman–Crippen MR) is 97.3 cm³/mol. The van der Waals surface area contributed by atoms with Crippen LogP contribution in [0.2, 0.25) is 0 Å². The fraction of sp³-hybridized carbons (Fsp3) is 0.111. The summed E-state index contributed by atoms with van der Waals surface area (Å²) in [5.74, 6) is -1.29. The topological polar surface area (TPSA) is 99.8 Å². The molecular formula is C18H14N2O5S. The van der Waals surface area contributed by atoms with Crippen LogP contribution >= 0.6 is 12.2 Å². The first-order chi connectivity index (χ1) is 12.3. The standard InChI is InChI=1S/C18H14N2O5S/c1-9-7-10(17(23)24)3-5-12(9)14-6-4-11(25-14)8-13-15(21)19-18(26)20(2)16(13)22/h3-8H,1-2H3,(H,23,24)(H,19,21,26)/b13-8+. The lowest BCUT2D eigenvalue weighted by Crippen LogP contribution is -2.52. The zero-order valence-electron chi connectivity index (χ0n) is 13.9. The number of thiocarbonyl (C=S) groups is 1. The number of nitrogens with one attached hydrogen (secondary N) is 1. The number of carbonyl (C=O) groups excluding carboxylic acids is 2. The summed E-state index contributed by atoms with van der Waals surface area (Å²) in [5, 5.41) is 11.5. The van der Waals surface area contributed by atoms with Crippen LogP contribution in [0.5, 0.6) is 0 Å². The van der Waals surface area contributed by atoms with Crippen molar-refractivity contribution >= 4 is 41.2 Å². The number of amides is 2. The number of furan rings is 1. The average molecular weight is 370 g/mol. The van der Waals surface area contributed by atoms with Crippen LogP contribution in [0.1, 0.15) is 21.7 Å². The third-order valence-electron chi connectivity index (χ3n) is 3.96. The molecule has 0 atom stereocenters. The van der Waals surface area contributed by atoms with Gasteiger partial charge in [-0.3, -0.25) is 19.8 Å². The van der Waals surface area contributed by atoms with Crippen molar-refractivity contribution in [1.82, 2.24) is 10.2 Å². The molecule has 2 amide bonds. The van der Waals surface area contributed by atoms with Gasteiger partial charge in [-0.2, -0.15) is 0 Å². The van der Waals surface area contributed by atoms with Crippen molar-refractivity contribution in [2.75, 3.05) is 7.05 Å². The highest BCUT2D eigenvalue weighted by atomic mass is 32.1. The van der Waals surface area contributed by atoms with Crippen molar-refractivity contribution in [1.29, 1.82) is 0 Å². The third-order valence-corrected chi connectivity index (χ3v) is 4.33. The Morgan fingerprint density at radius 3 is 2.65 bits per heavy atom. The van der Waals surface area contributed by atoms with Gasteiger partial charge in [0.15, 0.2) is 5.11 Å². The number of carbonyl (C=O) groups is 3. The van der Waals surface area contributed by atoms with E-state index >= 15 is 0 Å². The van der Waals surface area contributed by atoms with E-state index in [1.165, 1.54) is 24.1 Å². The molecule has 2 N–H and O–H groups in total. The summed E-state index contributed by atoms with van der Waals surface area (Å²) in [5.41, 5.74) is 1.55. The maximum atomic E-state index is 12.2. The minimum absolute atomic E-state index is 0.0476. The molecule has 3 rings (SSSR count). The zero-order chi connectivity index (χ0) is 19.0. The minimum atomic E-state index is -1.01. The number of likely N-dealkylation sites (N-methyl/N-ethyl adjacent to an activating group) is 1. The van der Waals surface area contributed by atoms with Gasteiger partial charge in [-0.15, -0.1) is 0 Å². The monoisotopic (exact) mass is 370 g/mol. The number of rotatable bonds is 3. The Morgan fingerprint density at radius 1 is 1.27 bits per heavy atom. The van der Waals surface area contributed by atoms with E-state index in [1.54, 1.807) is 31.2 Å². The molecule has 0 aliphatic carbocycles. The molecule has 1 aliphatic heterocycles. The van der Waals surface area contributed by atoms with Crippen molar-refractivity contribution < 1.29 is 23.9 Å². The van der Waals surface area contributed by atoms with E-state index < -0.39 is 17.8 Å². The van der Waals surface area contributed by atoms with Gasteiger partial charge < -0.3 is 9.52 Å². The largest absolute Gasteiger partial charge is 0.478 e. The van der Waals surface area contributed by atoms with Crippen molar-refractivity contribution in [3.05, 3.63) is 52.8 Å². The molecule has 132 valence electrons. The lowest BCUT2D eigenvalue weighted by Gasteiger charge is -2.24. The number of carboxylic acids is 1. The van der Waals surface area contributed by atoms with Crippen molar-refractivity contribution in [3.8, 4) is 11.3 Å². The fourth-order valence-corrected chi connectivity index (χ4v) is 2.71. The summed E-state index contributed by atoms with van der Waals surface area (Å²) in [4.78, 5) is 36.4. The van der Waals surface area contributed by atoms with Crippen LogP contribution in [0.3, 0.4) is 0 Å². The maximum Gasteiger partial charge on any atom is 0.335 e. The van der Waals surface area contributed by atoms with Gasteiger partial charge in [0.05, 0.1) is 5.56 Å². The van der Waals surface area contributed by atoms with E-state index in [1.807, 2.05) is 0 Å². The van der Waals surface area contributed by atoms with Crippen LogP contribution in [-0.2, 0) is 9.59 Å². The van der Waals surface area contributed by atoms with Crippen LogP contribution in [0.15, 0.2) is 40.3 Å². The SMILES string of the molecule is Cc1cc(C(=O)O)ccc1-c1ccc(/C=C2\C(=O)NC(=S)N(C)C2=O)o1. The second-order valence-corrected chi connectivity index (χ2v) is 6.11. The van der Waals surface area contributed by atoms with Crippen molar-refractivity contribution in [2.24, 2.45) is 0 Å². The molecule has 1 aliphatic rings. The Kier molecular flexibility index (Phi) is 4.43.